The average molecular weight is 213 g/mol. The van der Waals surface area contributed by atoms with Crippen LogP contribution in [0.2, 0.25) is 0 Å². The van der Waals surface area contributed by atoms with Crippen LogP contribution in [0.15, 0.2) is 0 Å². The van der Waals surface area contributed by atoms with E-state index in [9.17, 15) is 4.79 Å². The Kier molecular flexibility index (Phi) is 5.05. The third-order valence-electron chi connectivity index (χ3n) is 3.31. The maximum absolute atomic E-state index is 11.2. The van der Waals surface area contributed by atoms with Crippen molar-refractivity contribution in [3.05, 3.63) is 0 Å². The molecule has 1 heterocycles. The van der Waals surface area contributed by atoms with E-state index in [4.69, 9.17) is 5.73 Å². The van der Waals surface area contributed by atoms with Crippen LogP contribution in [-0.2, 0) is 4.79 Å². The van der Waals surface area contributed by atoms with Crippen LogP contribution < -0.4 is 11.1 Å². The lowest BCUT2D eigenvalue weighted by Crippen LogP contribution is -2.51. The van der Waals surface area contributed by atoms with Gasteiger partial charge in [-0.1, -0.05) is 6.42 Å². The molecule has 0 aromatic heterocycles. The predicted molar refractivity (Wildman–Crippen MR) is 61.5 cm³/mol. The van der Waals surface area contributed by atoms with Crippen molar-refractivity contribution in [1.29, 1.82) is 0 Å². The summed E-state index contributed by atoms with van der Waals surface area (Å²) in [5, 5.41) is 3.16. The highest BCUT2D eigenvalue weighted by Crippen LogP contribution is 2.21. The number of primary amides is 1. The predicted octanol–water partition coefficient (Wildman–Crippen LogP) is 0.324. The zero-order valence-corrected chi connectivity index (χ0v) is 9.83. The van der Waals surface area contributed by atoms with E-state index in [1.165, 1.54) is 19.3 Å². The van der Waals surface area contributed by atoms with Gasteiger partial charge in [0.25, 0.3) is 0 Å². The van der Waals surface area contributed by atoms with Gasteiger partial charge in [-0.3, -0.25) is 9.69 Å². The molecule has 1 saturated heterocycles. The summed E-state index contributed by atoms with van der Waals surface area (Å²) < 4.78 is 0. The van der Waals surface area contributed by atoms with Gasteiger partial charge in [0.2, 0.25) is 5.91 Å². The highest BCUT2D eigenvalue weighted by molar-refractivity contribution is 5.79. The molecule has 0 radical (unpaired) electrons. The number of hydrogen-bond donors (Lipinski definition) is 2. The van der Waals surface area contributed by atoms with Crippen molar-refractivity contribution in [2.45, 2.75) is 44.7 Å². The van der Waals surface area contributed by atoms with Gasteiger partial charge >= 0.3 is 0 Å². The fourth-order valence-electron chi connectivity index (χ4n) is 2.32. The second kappa shape index (κ2) is 6.08. The van der Waals surface area contributed by atoms with Crippen molar-refractivity contribution in [2.24, 2.45) is 5.73 Å². The van der Waals surface area contributed by atoms with Gasteiger partial charge in [-0.15, -0.1) is 0 Å². The van der Waals surface area contributed by atoms with Crippen molar-refractivity contribution in [1.82, 2.24) is 10.2 Å². The number of piperidine rings is 1. The highest BCUT2D eigenvalue weighted by Gasteiger charge is 2.28. The summed E-state index contributed by atoms with van der Waals surface area (Å²) >= 11 is 0. The molecule has 1 aliphatic rings. The molecule has 4 nitrogen and oxygen atoms in total. The molecule has 2 atom stereocenters. The van der Waals surface area contributed by atoms with E-state index in [0.717, 1.165) is 19.5 Å². The van der Waals surface area contributed by atoms with E-state index >= 15 is 0 Å². The molecule has 4 heteroatoms. The summed E-state index contributed by atoms with van der Waals surface area (Å²) in [6.07, 6.45) is 4.76. The highest BCUT2D eigenvalue weighted by atomic mass is 16.1. The monoisotopic (exact) mass is 213 g/mol. The van der Waals surface area contributed by atoms with Gasteiger partial charge < -0.3 is 11.1 Å². The maximum atomic E-state index is 11.2. The molecule has 1 fully saturated rings. The maximum Gasteiger partial charge on any atom is 0.234 e. The SMILES string of the molecule is CNCCC1CCCCN1C(C)C(N)=O. The van der Waals surface area contributed by atoms with E-state index in [1.54, 1.807) is 0 Å². The summed E-state index contributed by atoms with van der Waals surface area (Å²) in [7, 11) is 1.96. The molecule has 0 aliphatic carbocycles. The third kappa shape index (κ3) is 3.47. The topological polar surface area (TPSA) is 58.4 Å². The molecule has 0 bridgehead atoms. The van der Waals surface area contributed by atoms with E-state index < -0.39 is 0 Å². The van der Waals surface area contributed by atoms with Gasteiger partial charge in [-0.2, -0.15) is 0 Å². The number of carbonyl (C=O) groups excluding carboxylic acids is 1. The van der Waals surface area contributed by atoms with Crippen molar-refractivity contribution in [2.75, 3.05) is 20.1 Å². The molecule has 0 aromatic carbocycles. The minimum absolute atomic E-state index is 0.118. The van der Waals surface area contributed by atoms with Crippen LogP contribution in [0.4, 0.5) is 0 Å². The Hall–Kier alpha value is -0.610. The molecular formula is C11H23N3O. The van der Waals surface area contributed by atoms with E-state index in [0.29, 0.717) is 6.04 Å². The van der Waals surface area contributed by atoms with Gasteiger partial charge in [0.1, 0.15) is 0 Å². The molecule has 2 unspecified atom stereocenters. The first-order valence-electron chi connectivity index (χ1n) is 5.86. The first-order valence-corrected chi connectivity index (χ1v) is 5.86. The second-order valence-electron chi connectivity index (χ2n) is 4.36. The molecule has 1 aliphatic heterocycles. The van der Waals surface area contributed by atoms with Crippen LogP contribution >= 0.6 is 0 Å². The van der Waals surface area contributed by atoms with Gasteiger partial charge in [0.05, 0.1) is 6.04 Å². The number of carbonyl (C=O) groups is 1. The lowest BCUT2D eigenvalue weighted by Gasteiger charge is -2.38. The van der Waals surface area contributed by atoms with Crippen LogP contribution in [0.3, 0.4) is 0 Å². The van der Waals surface area contributed by atoms with Gasteiger partial charge in [0, 0.05) is 6.04 Å². The van der Waals surface area contributed by atoms with Crippen LogP contribution in [0, 0.1) is 0 Å². The standard InChI is InChI=1S/C11H23N3O/c1-9(11(12)15)14-8-4-3-5-10(14)6-7-13-2/h9-10,13H,3-8H2,1-2H3,(H2,12,15). The van der Waals surface area contributed by atoms with Crippen molar-refractivity contribution < 1.29 is 4.79 Å². The van der Waals surface area contributed by atoms with Crippen LogP contribution in [0.5, 0.6) is 0 Å². The molecule has 1 amide bonds. The van der Waals surface area contributed by atoms with E-state index in [2.05, 4.69) is 10.2 Å². The Morgan fingerprint density at radius 1 is 1.60 bits per heavy atom. The number of nitrogens with one attached hydrogen (secondary N) is 1. The first-order chi connectivity index (χ1) is 7.16. The van der Waals surface area contributed by atoms with Crippen molar-refractivity contribution in [3.63, 3.8) is 0 Å². The average Bonchev–Trinajstić information content (AvgIpc) is 2.25. The molecule has 0 aromatic rings. The van der Waals surface area contributed by atoms with Crippen LogP contribution in [0.25, 0.3) is 0 Å². The lowest BCUT2D eigenvalue weighted by atomic mass is 9.97. The summed E-state index contributed by atoms with van der Waals surface area (Å²) in [4.78, 5) is 13.4. The van der Waals surface area contributed by atoms with Crippen LogP contribution in [0.1, 0.15) is 32.6 Å². The third-order valence-corrected chi connectivity index (χ3v) is 3.31. The quantitative estimate of drug-likeness (QED) is 0.691. The number of rotatable bonds is 5. The minimum Gasteiger partial charge on any atom is -0.368 e. The fourth-order valence-corrected chi connectivity index (χ4v) is 2.32. The lowest BCUT2D eigenvalue weighted by molar-refractivity contribution is -0.124. The first kappa shape index (κ1) is 12.5. The number of likely N-dealkylation sites (tertiary alicyclic amines) is 1. The molecule has 88 valence electrons. The number of amides is 1. The fraction of sp³-hybridized carbons (Fsp3) is 0.909. The normalized spacial score (nSPS) is 25.1. The molecular weight excluding hydrogens is 190 g/mol. The summed E-state index contributed by atoms with van der Waals surface area (Å²) in [6, 6.07) is 0.404. The van der Waals surface area contributed by atoms with E-state index in [-0.39, 0.29) is 11.9 Å². The van der Waals surface area contributed by atoms with Gasteiger partial charge in [-0.25, -0.2) is 0 Å². The molecule has 0 spiro atoms. The molecule has 1 rings (SSSR count). The van der Waals surface area contributed by atoms with E-state index in [1.807, 2.05) is 14.0 Å². The largest absolute Gasteiger partial charge is 0.368 e. The van der Waals surface area contributed by atoms with Crippen LogP contribution in [-0.4, -0.2) is 43.0 Å². The second-order valence-corrected chi connectivity index (χ2v) is 4.36. The zero-order chi connectivity index (χ0) is 11.3. The zero-order valence-electron chi connectivity index (χ0n) is 9.83. The minimum atomic E-state index is -0.202. The Morgan fingerprint density at radius 3 is 2.93 bits per heavy atom. The summed E-state index contributed by atoms with van der Waals surface area (Å²) in [5.41, 5.74) is 5.36. The molecule has 3 N–H and O–H groups in total. The smallest absolute Gasteiger partial charge is 0.234 e. The Morgan fingerprint density at radius 2 is 2.33 bits per heavy atom. The number of nitrogens with two attached hydrogens (primary N) is 1. The number of nitrogens with zero attached hydrogens (tertiary/aromatic N) is 1. The van der Waals surface area contributed by atoms with Gasteiger partial charge in [-0.05, 0) is 46.3 Å². The summed E-state index contributed by atoms with van der Waals surface area (Å²) in [6.45, 7) is 3.94. The Balaban J connectivity index is 2.52. The molecule has 15 heavy (non-hydrogen) atoms. The molecule has 0 saturated carbocycles. The Bertz CT molecular complexity index is 208. The van der Waals surface area contributed by atoms with Crippen molar-refractivity contribution in [3.8, 4) is 0 Å². The summed E-state index contributed by atoms with van der Waals surface area (Å²) in [5.74, 6) is -0.202. The van der Waals surface area contributed by atoms with Crippen molar-refractivity contribution >= 4 is 5.91 Å². The van der Waals surface area contributed by atoms with Gasteiger partial charge in [0.15, 0.2) is 0 Å². The Labute approximate surface area is 92.2 Å². The number of hydrogen-bond acceptors (Lipinski definition) is 3.